The Bertz CT molecular complexity index is 655. The van der Waals surface area contributed by atoms with Crippen molar-refractivity contribution in [1.29, 1.82) is 0 Å². The molecule has 6 heteroatoms. The number of methoxy groups -OCH3 is 1. The Kier molecular flexibility index (Phi) is 3.18. The molecular weight excluding hydrogens is 236 g/mol. The van der Waals surface area contributed by atoms with Crippen LogP contribution in [-0.4, -0.2) is 22.2 Å². The van der Waals surface area contributed by atoms with Gasteiger partial charge in [-0.2, -0.15) is 0 Å². The average molecular weight is 248 g/mol. The number of H-pyrrole nitrogens is 2. The summed E-state index contributed by atoms with van der Waals surface area (Å²) in [6.07, 6.45) is 0.224. The summed E-state index contributed by atoms with van der Waals surface area (Å²) in [5, 5.41) is 9.53. The summed E-state index contributed by atoms with van der Waals surface area (Å²) >= 11 is 0. The van der Waals surface area contributed by atoms with Crippen LogP contribution in [0.2, 0.25) is 0 Å². The minimum atomic E-state index is -0.726. The van der Waals surface area contributed by atoms with E-state index in [4.69, 9.17) is 4.74 Å². The number of hydrogen-bond donors (Lipinski definition) is 3. The minimum absolute atomic E-state index is 0.125. The molecule has 18 heavy (non-hydrogen) atoms. The molecule has 0 saturated carbocycles. The minimum Gasteiger partial charge on any atom is -0.497 e. The van der Waals surface area contributed by atoms with Gasteiger partial charge in [0.05, 0.1) is 12.7 Å². The number of ether oxygens (including phenoxy) is 1. The van der Waals surface area contributed by atoms with E-state index < -0.39 is 17.1 Å². The Morgan fingerprint density at radius 3 is 2.39 bits per heavy atom. The molecular formula is C12H12N2O4. The fourth-order valence-corrected chi connectivity index (χ4v) is 1.61. The van der Waals surface area contributed by atoms with Crippen LogP contribution in [0.15, 0.2) is 33.9 Å². The normalized spacial score (nSPS) is 10.3. The van der Waals surface area contributed by atoms with Gasteiger partial charge in [-0.3, -0.25) is 14.8 Å². The molecule has 2 rings (SSSR count). The molecule has 0 aliphatic rings. The lowest BCUT2D eigenvalue weighted by molar-refractivity contribution is 0.414. The average Bonchev–Trinajstić information content (AvgIpc) is 2.34. The molecule has 0 radical (unpaired) electrons. The van der Waals surface area contributed by atoms with Gasteiger partial charge >= 0.3 is 5.69 Å². The third-order valence-electron chi connectivity index (χ3n) is 2.56. The van der Waals surface area contributed by atoms with E-state index in [9.17, 15) is 14.7 Å². The van der Waals surface area contributed by atoms with Gasteiger partial charge in [-0.05, 0) is 17.7 Å². The zero-order valence-electron chi connectivity index (χ0n) is 9.69. The largest absolute Gasteiger partial charge is 0.497 e. The van der Waals surface area contributed by atoms with Crippen LogP contribution < -0.4 is 16.0 Å². The van der Waals surface area contributed by atoms with Gasteiger partial charge in [0.1, 0.15) is 5.75 Å². The molecule has 0 saturated heterocycles. The van der Waals surface area contributed by atoms with Crippen LogP contribution >= 0.6 is 0 Å². The molecule has 1 aromatic carbocycles. The van der Waals surface area contributed by atoms with E-state index in [1.165, 1.54) is 0 Å². The second kappa shape index (κ2) is 4.79. The smallest absolute Gasteiger partial charge is 0.328 e. The van der Waals surface area contributed by atoms with Crippen LogP contribution in [0.25, 0.3) is 0 Å². The van der Waals surface area contributed by atoms with Crippen molar-refractivity contribution in [3.8, 4) is 11.6 Å². The molecule has 1 heterocycles. The van der Waals surface area contributed by atoms with E-state index in [0.717, 1.165) is 5.56 Å². The quantitative estimate of drug-likeness (QED) is 0.731. The van der Waals surface area contributed by atoms with Gasteiger partial charge < -0.3 is 9.84 Å². The van der Waals surface area contributed by atoms with Gasteiger partial charge in [0.25, 0.3) is 5.56 Å². The van der Waals surface area contributed by atoms with E-state index >= 15 is 0 Å². The lowest BCUT2D eigenvalue weighted by Crippen LogP contribution is -2.25. The first-order chi connectivity index (χ1) is 8.60. The SMILES string of the molecule is COc1ccc(Cc2c(O)[nH]c(=O)[nH]c2=O)cc1. The van der Waals surface area contributed by atoms with Gasteiger partial charge in [0, 0.05) is 6.42 Å². The summed E-state index contributed by atoms with van der Waals surface area (Å²) in [4.78, 5) is 26.7. The summed E-state index contributed by atoms with van der Waals surface area (Å²) < 4.78 is 5.02. The fraction of sp³-hybridized carbons (Fsp3) is 0.167. The van der Waals surface area contributed by atoms with Crippen LogP contribution in [0.5, 0.6) is 11.6 Å². The molecule has 0 aliphatic carbocycles. The lowest BCUT2D eigenvalue weighted by Gasteiger charge is -2.04. The van der Waals surface area contributed by atoms with Crippen molar-refractivity contribution >= 4 is 0 Å². The maximum atomic E-state index is 11.5. The number of rotatable bonds is 3. The van der Waals surface area contributed by atoms with Crippen molar-refractivity contribution < 1.29 is 9.84 Å². The third-order valence-corrected chi connectivity index (χ3v) is 2.56. The fourth-order valence-electron chi connectivity index (χ4n) is 1.61. The maximum Gasteiger partial charge on any atom is 0.328 e. The molecule has 3 N–H and O–H groups in total. The van der Waals surface area contributed by atoms with E-state index in [-0.39, 0.29) is 12.0 Å². The Balaban J connectivity index is 2.34. The highest BCUT2D eigenvalue weighted by Gasteiger charge is 2.09. The topological polar surface area (TPSA) is 95.2 Å². The molecule has 0 unspecified atom stereocenters. The molecule has 0 aliphatic heterocycles. The van der Waals surface area contributed by atoms with Crippen molar-refractivity contribution in [1.82, 2.24) is 9.97 Å². The van der Waals surface area contributed by atoms with E-state index in [1.54, 1.807) is 31.4 Å². The molecule has 0 atom stereocenters. The standard InChI is InChI=1S/C12H12N2O4/c1-18-8-4-2-7(3-5-8)6-9-10(15)13-12(17)14-11(9)16/h2-5H,6H2,1H3,(H3,13,14,15,16,17). The second-order valence-electron chi connectivity index (χ2n) is 3.76. The first-order valence-electron chi connectivity index (χ1n) is 5.27. The maximum absolute atomic E-state index is 11.5. The zero-order valence-corrected chi connectivity index (χ0v) is 9.69. The Morgan fingerprint density at radius 1 is 1.17 bits per heavy atom. The first-order valence-corrected chi connectivity index (χ1v) is 5.27. The highest BCUT2D eigenvalue weighted by Crippen LogP contribution is 2.16. The van der Waals surface area contributed by atoms with Crippen LogP contribution in [0, 0.1) is 0 Å². The van der Waals surface area contributed by atoms with Crippen molar-refractivity contribution in [2.75, 3.05) is 7.11 Å². The van der Waals surface area contributed by atoms with Crippen LogP contribution in [0.1, 0.15) is 11.1 Å². The highest BCUT2D eigenvalue weighted by molar-refractivity contribution is 5.33. The Morgan fingerprint density at radius 2 is 1.83 bits per heavy atom. The summed E-state index contributed by atoms with van der Waals surface area (Å²) in [5.41, 5.74) is -0.369. The first kappa shape index (κ1) is 12.0. The molecule has 1 aromatic heterocycles. The van der Waals surface area contributed by atoms with Crippen LogP contribution in [0.3, 0.4) is 0 Å². The molecule has 0 amide bonds. The number of benzene rings is 1. The Labute approximate surface area is 102 Å². The lowest BCUT2D eigenvalue weighted by atomic mass is 10.1. The molecule has 94 valence electrons. The number of aromatic hydroxyl groups is 1. The van der Waals surface area contributed by atoms with Crippen molar-refractivity contribution in [3.63, 3.8) is 0 Å². The van der Waals surface area contributed by atoms with Crippen LogP contribution in [0.4, 0.5) is 0 Å². The molecule has 0 spiro atoms. The molecule has 6 nitrogen and oxygen atoms in total. The molecule has 2 aromatic rings. The summed E-state index contributed by atoms with van der Waals surface area (Å²) in [6, 6.07) is 7.07. The van der Waals surface area contributed by atoms with E-state index in [0.29, 0.717) is 5.75 Å². The second-order valence-corrected chi connectivity index (χ2v) is 3.76. The summed E-state index contributed by atoms with van der Waals surface area (Å²) in [7, 11) is 1.56. The van der Waals surface area contributed by atoms with Crippen molar-refractivity contribution in [3.05, 3.63) is 56.2 Å². The predicted octanol–water partition coefficient (Wildman–Crippen LogP) is 0.368. The van der Waals surface area contributed by atoms with Crippen LogP contribution in [-0.2, 0) is 6.42 Å². The predicted molar refractivity (Wildman–Crippen MR) is 65.1 cm³/mol. The number of aromatic amines is 2. The van der Waals surface area contributed by atoms with E-state index in [1.807, 2.05) is 0 Å². The van der Waals surface area contributed by atoms with Gasteiger partial charge in [0.2, 0.25) is 5.88 Å². The highest BCUT2D eigenvalue weighted by atomic mass is 16.5. The Hall–Kier alpha value is -2.50. The zero-order chi connectivity index (χ0) is 13.1. The summed E-state index contributed by atoms with van der Waals surface area (Å²) in [5.74, 6) is 0.304. The summed E-state index contributed by atoms with van der Waals surface area (Å²) in [6.45, 7) is 0. The molecule has 0 fully saturated rings. The van der Waals surface area contributed by atoms with Gasteiger partial charge in [0.15, 0.2) is 0 Å². The number of hydrogen-bond acceptors (Lipinski definition) is 4. The van der Waals surface area contributed by atoms with E-state index in [2.05, 4.69) is 9.97 Å². The number of aromatic nitrogens is 2. The monoisotopic (exact) mass is 248 g/mol. The number of nitrogens with one attached hydrogen (secondary N) is 2. The van der Waals surface area contributed by atoms with Gasteiger partial charge in [-0.1, -0.05) is 12.1 Å². The van der Waals surface area contributed by atoms with Gasteiger partial charge in [-0.25, -0.2) is 4.79 Å². The van der Waals surface area contributed by atoms with Crippen molar-refractivity contribution in [2.24, 2.45) is 0 Å². The van der Waals surface area contributed by atoms with Crippen molar-refractivity contribution in [2.45, 2.75) is 6.42 Å². The third kappa shape index (κ3) is 2.42. The van der Waals surface area contributed by atoms with Gasteiger partial charge in [-0.15, -0.1) is 0 Å². The molecule has 0 bridgehead atoms.